The van der Waals surface area contributed by atoms with Gasteiger partial charge in [-0.1, -0.05) is 6.07 Å². The van der Waals surface area contributed by atoms with Crippen LogP contribution in [0.25, 0.3) is 0 Å². The van der Waals surface area contributed by atoms with E-state index in [-0.39, 0.29) is 23.2 Å². The van der Waals surface area contributed by atoms with E-state index in [1.165, 1.54) is 12.1 Å². The molecule has 1 fully saturated rings. The minimum absolute atomic E-state index is 0.00111. The first-order valence-electron chi connectivity index (χ1n) is 7.89. The summed E-state index contributed by atoms with van der Waals surface area (Å²) in [4.78, 5) is 13.3. The van der Waals surface area contributed by atoms with Crippen LogP contribution in [0.2, 0.25) is 0 Å². The summed E-state index contributed by atoms with van der Waals surface area (Å²) in [7, 11) is -3.04. The summed E-state index contributed by atoms with van der Waals surface area (Å²) in [6.07, 6.45) is 0.537. The van der Waals surface area contributed by atoms with Crippen LogP contribution in [0.5, 0.6) is 0 Å². The van der Waals surface area contributed by atoms with E-state index in [1.54, 1.807) is 23.5 Å². The number of nitrogens with one attached hydrogen (secondary N) is 1. The quantitative estimate of drug-likeness (QED) is 0.459. The highest BCUT2D eigenvalue weighted by molar-refractivity contribution is 7.91. The van der Waals surface area contributed by atoms with Crippen molar-refractivity contribution in [1.29, 1.82) is 0 Å². The largest absolute Gasteiger partial charge is 0.340 e. The molecule has 0 aliphatic carbocycles. The summed E-state index contributed by atoms with van der Waals surface area (Å²) in [6.45, 7) is 0.524. The second kappa shape index (κ2) is 7.68. The Morgan fingerprint density at radius 1 is 1.35 bits per heavy atom. The van der Waals surface area contributed by atoms with Crippen molar-refractivity contribution in [3.8, 4) is 0 Å². The summed E-state index contributed by atoms with van der Waals surface area (Å²) in [5.41, 5.74) is 0.622. The van der Waals surface area contributed by atoms with Crippen molar-refractivity contribution in [2.45, 2.75) is 19.0 Å². The first-order chi connectivity index (χ1) is 12.3. The van der Waals surface area contributed by atoms with Crippen LogP contribution in [0.15, 0.2) is 41.8 Å². The maximum atomic E-state index is 11.9. The van der Waals surface area contributed by atoms with E-state index in [2.05, 4.69) is 5.32 Å². The number of benzene rings is 1. The van der Waals surface area contributed by atoms with Crippen LogP contribution < -0.4 is 5.32 Å². The second-order valence-electron chi connectivity index (χ2n) is 6.00. The molecule has 1 aliphatic rings. The van der Waals surface area contributed by atoms with Crippen LogP contribution in [-0.2, 0) is 16.4 Å². The molecule has 0 radical (unpaired) electrons. The summed E-state index contributed by atoms with van der Waals surface area (Å²) in [5, 5.41) is 16.2. The Labute approximate surface area is 160 Å². The smallest absolute Gasteiger partial charge is 0.269 e. The van der Waals surface area contributed by atoms with Gasteiger partial charge in [-0.3, -0.25) is 10.1 Å². The highest BCUT2D eigenvalue weighted by Gasteiger charge is 2.33. The summed E-state index contributed by atoms with van der Waals surface area (Å²) < 4.78 is 23.8. The molecule has 3 rings (SSSR count). The van der Waals surface area contributed by atoms with Gasteiger partial charge in [-0.15, -0.1) is 11.3 Å². The number of sulfone groups is 1. The third-order valence-corrected chi connectivity index (χ3v) is 7.09. The molecule has 2 heterocycles. The number of rotatable bonds is 5. The highest BCUT2D eigenvalue weighted by atomic mass is 32.2. The topological polar surface area (TPSA) is 92.6 Å². The highest BCUT2D eigenvalue weighted by Crippen LogP contribution is 2.23. The summed E-state index contributed by atoms with van der Waals surface area (Å²) in [6, 6.07) is 9.70. The maximum absolute atomic E-state index is 11.9. The van der Waals surface area contributed by atoms with Crippen molar-refractivity contribution in [3.63, 3.8) is 0 Å². The average Bonchev–Trinajstić information content (AvgIpc) is 3.22. The van der Waals surface area contributed by atoms with E-state index >= 15 is 0 Å². The number of non-ortho nitro benzene ring substituents is 1. The number of anilines is 1. The van der Waals surface area contributed by atoms with Gasteiger partial charge in [0.1, 0.15) is 0 Å². The molecule has 0 unspecified atom stereocenters. The molecule has 2 aromatic rings. The predicted octanol–water partition coefficient (Wildman–Crippen LogP) is 3.04. The Bertz CT molecular complexity index is 895. The predicted molar refractivity (Wildman–Crippen MR) is 106 cm³/mol. The van der Waals surface area contributed by atoms with Crippen molar-refractivity contribution in [2.75, 3.05) is 16.8 Å². The lowest BCUT2D eigenvalue weighted by atomic mass is 10.2. The fourth-order valence-corrected chi connectivity index (χ4v) is 5.58. The Morgan fingerprint density at radius 2 is 2.08 bits per heavy atom. The maximum Gasteiger partial charge on any atom is 0.269 e. The zero-order valence-electron chi connectivity index (χ0n) is 13.7. The van der Waals surface area contributed by atoms with Gasteiger partial charge in [0.25, 0.3) is 5.69 Å². The van der Waals surface area contributed by atoms with Crippen LogP contribution in [0, 0.1) is 10.1 Å². The molecule has 0 bridgehead atoms. The standard InChI is InChI=1S/C16H17N3O4S3/c20-19(21)13-5-3-12(4-6-13)17-16(24)18(10-15-2-1-8-25-15)14-7-9-26(22,23)11-14/h1-6,8,14H,7,9-11H2,(H,17,24)/t14-/m0/s1. The SMILES string of the molecule is O=[N+]([O-])c1ccc(NC(=S)N(Cc2cccs2)[C@H]2CCS(=O)(=O)C2)cc1. The first-order valence-corrected chi connectivity index (χ1v) is 11.0. The molecule has 1 aromatic carbocycles. The molecule has 1 atom stereocenters. The Kier molecular flexibility index (Phi) is 5.54. The van der Waals surface area contributed by atoms with E-state index in [0.29, 0.717) is 23.8 Å². The van der Waals surface area contributed by atoms with Gasteiger partial charge in [0.05, 0.1) is 23.0 Å². The van der Waals surface area contributed by atoms with E-state index < -0.39 is 14.8 Å². The zero-order valence-corrected chi connectivity index (χ0v) is 16.1. The lowest BCUT2D eigenvalue weighted by molar-refractivity contribution is -0.384. The number of hydrogen-bond donors (Lipinski definition) is 1. The Hall–Kier alpha value is -2.04. The van der Waals surface area contributed by atoms with Gasteiger partial charge in [0.2, 0.25) is 0 Å². The first kappa shape index (κ1) is 18.7. The zero-order chi connectivity index (χ0) is 18.7. The van der Waals surface area contributed by atoms with Crippen molar-refractivity contribution < 1.29 is 13.3 Å². The normalized spacial score (nSPS) is 18.4. The van der Waals surface area contributed by atoms with Crippen molar-refractivity contribution in [1.82, 2.24) is 4.90 Å². The summed E-state index contributed by atoms with van der Waals surface area (Å²) >= 11 is 7.10. The third kappa shape index (κ3) is 4.57. The molecule has 26 heavy (non-hydrogen) atoms. The lowest BCUT2D eigenvalue weighted by Gasteiger charge is -2.30. The molecule has 0 amide bonds. The fraction of sp³-hybridized carbons (Fsp3) is 0.312. The Balaban J connectivity index is 1.76. The molecular weight excluding hydrogens is 394 g/mol. The summed E-state index contributed by atoms with van der Waals surface area (Å²) in [5.74, 6) is 0.249. The van der Waals surface area contributed by atoms with Gasteiger partial charge in [-0.2, -0.15) is 0 Å². The molecule has 1 N–H and O–H groups in total. The molecule has 138 valence electrons. The van der Waals surface area contributed by atoms with Crippen LogP contribution in [0.1, 0.15) is 11.3 Å². The molecular formula is C16H17N3O4S3. The van der Waals surface area contributed by atoms with Gasteiger partial charge in [0.15, 0.2) is 14.9 Å². The molecule has 0 spiro atoms. The molecule has 10 heteroatoms. The van der Waals surface area contributed by atoms with E-state index in [1.807, 2.05) is 22.4 Å². The minimum Gasteiger partial charge on any atom is -0.340 e. The van der Waals surface area contributed by atoms with Crippen LogP contribution in [0.3, 0.4) is 0 Å². The van der Waals surface area contributed by atoms with Gasteiger partial charge < -0.3 is 10.2 Å². The molecule has 1 saturated heterocycles. The fourth-order valence-electron chi connectivity index (χ4n) is 2.82. The monoisotopic (exact) mass is 411 g/mol. The molecule has 0 saturated carbocycles. The van der Waals surface area contributed by atoms with Crippen molar-refractivity contribution >= 4 is 49.9 Å². The number of nitro groups is 1. The Morgan fingerprint density at radius 3 is 2.62 bits per heavy atom. The van der Waals surface area contributed by atoms with E-state index in [4.69, 9.17) is 12.2 Å². The van der Waals surface area contributed by atoms with Crippen LogP contribution in [0.4, 0.5) is 11.4 Å². The van der Waals surface area contributed by atoms with Crippen LogP contribution in [-0.4, -0.2) is 40.9 Å². The number of hydrogen-bond acceptors (Lipinski definition) is 6. The lowest BCUT2D eigenvalue weighted by Crippen LogP contribution is -2.42. The second-order valence-corrected chi connectivity index (χ2v) is 9.65. The van der Waals surface area contributed by atoms with E-state index in [0.717, 1.165) is 4.88 Å². The van der Waals surface area contributed by atoms with Crippen LogP contribution >= 0.6 is 23.6 Å². The molecule has 1 aliphatic heterocycles. The third-order valence-electron chi connectivity index (χ3n) is 4.15. The molecule has 1 aromatic heterocycles. The van der Waals surface area contributed by atoms with Gasteiger partial charge >= 0.3 is 0 Å². The minimum atomic E-state index is -3.04. The van der Waals surface area contributed by atoms with E-state index in [9.17, 15) is 18.5 Å². The van der Waals surface area contributed by atoms with Gasteiger partial charge in [-0.25, -0.2) is 8.42 Å². The number of nitrogens with zero attached hydrogens (tertiary/aromatic N) is 2. The van der Waals surface area contributed by atoms with Gasteiger partial charge in [-0.05, 0) is 42.2 Å². The molecule has 7 nitrogen and oxygen atoms in total. The average molecular weight is 412 g/mol. The number of nitro benzene ring substituents is 1. The number of thiophene rings is 1. The van der Waals surface area contributed by atoms with Crippen molar-refractivity contribution in [3.05, 3.63) is 56.8 Å². The van der Waals surface area contributed by atoms with Crippen molar-refractivity contribution in [2.24, 2.45) is 0 Å². The van der Waals surface area contributed by atoms with Gasteiger partial charge in [0, 0.05) is 28.7 Å². The number of thiocarbonyl (C=S) groups is 1.